The normalized spacial score (nSPS) is 10.5. The van der Waals surface area contributed by atoms with Gasteiger partial charge in [0.15, 0.2) is 11.5 Å². The molecule has 0 unspecified atom stereocenters. The van der Waals surface area contributed by atoms with Gasteiger partial charge in [0.1, 0.15) is 12.1 Å². The number of hydrogen-bond donors (Lipinski definition) is 0. The summed E-state index contributed by atoms with van der Waals surface area (Å²) in [5.74, 6) is 0.433. The molecule has 0 atom stereocenters. The molecule has 0 N–H and O–H groups in total. The van der Waals surface area contributed by atoms with Crippen LogP contribution in [0.2, 0.25) is 0 Å². The first kappa shape index (κ1) is 23.1. The Morgan fingerprint density at radius 3 is 2.15 bits per heavy atom. The van der Waals surface area contributed by atoms with Gasteiger partial charge in [-0.15, -0.1) is 0 Å². The van der Waals surface area contributed by atoms with Crippen LogP contribution < -0.4 is 0 Å². The molecule has 39 heavy (non-hydrogen) atoms. The van der Waals surface area contributed by atoms with Gasteiger partial charge in [0, 0.05) is 34.3 Å². The van der Waals surface area contributed by atoms with Crippen molar-refractivity contribution in [2.75, 3.05) is 0 Å². The van der Waals surface area contributed by atoms with Crippen molar-refractivity contribution < 1.29 is 0 Å². The topological polar surface area (TPSA) is 106 Å². The van der Waals surface area contributed by atoms with E-state index < -0.39 is 0 Å². The largest absolute Gasteiger partial charge is 0.308 e. The molecule has 0 saturated heterocycles. The van der Waals surface area contributed by atoms with E-state index in [0.717, 1.165) is 38.6 Å². The molecule has 0 aliphatic rings. The second-order valence-electron chi connectivity index (χ2n) is 8.83. The predicted molar refractivity (Wildman–Crippen MR) is 148 cm³/mol. The Kier molecular flexibility index (Phi) is 5.52. The lowest BCUT2D eigenvalue weighted by molar-refractivity contribution is 1.14. The van der Waals surface area contributed by atoms with Crippen LogP contribution in [0.3, 0.4) is 0 Å². The van der Waals surface area contributed by atoms with E-state index in [0.29, 0.717) is 33.8 Å². The standard InChI is InChI=1S/C32H15N7/c1-36-26-11-20(15-33)10-24(13-26)22-6-9-31-28(14-22)27-4-2-3-5-30(27)39(31)29-8-7-23(12-25(29)17-35)32-37-18-21(16-34)19-38-32/h2-14,18-19H. The third-order valence-corrected chi connectivity index (χ3v) is 6.58. The summed E-state index contributed by atoms with van der Waals surface area (Å²) in [4.78, 5) is 12.0. The van der Waals surface area contributed by atoms with E-state index in [1.165, 1.54) is 12.4 Å². The zero-order valence-electron chi connectivity index (χ0n) is 20.3. The summed E-state index contributed by atoms with van der Waals surface area (Å²) in [5, 5.41) is 30.6. The molecule has 2 heterocycles. The van der Waals surface area contributed by atoms with Crippen LogP contribution in [0.4, 0.5) is 5.69 Å². The second-order valence-corrected chi connectivity index (χ2v) is 8.83. The molecule has 7 heteroatoms. The molecular weight excluding hydrogens is 482 g/mol. The van der Waals surface area contributed by atoms with Crippen LogP contribution in [0.5, 0.6) is 0 Å². The fourth-order valence-corrected chi connectivity index (χ4v) is 4.81. The highest BCUT2D eigenvalue weighted by atomic mass is 15.0. The minimum absolute atomic E-state index is 0.366. The Morgan fingerprint density at radius 2 is 1.41 bits per heavy atom. The van der Waals surface area contributed by atoms with Crippen LogP contribution in [-0.2, 0) is 0 Å². The van der Waals surface area contributed by atoms with E-state index >= 15 is 0 Å². The van der Waals surface area contributed by atoms with E-state index in [1.807, 2.05) is 54.6 Å². The summed E-state index contributed by atoms with van der Waals surface area (Å²) in [7, 11) is 0. The molecule has 0 spiro atoms. The van der Waals surface area contributed by atoms with Gasteiger partial charge in [-0.05, 0) is 65.7 Å². The lowest BCUT2D eigenvalue weighted by atomic mass is 10.0. The van der Waals surface area contributed by atoms with E-state index in [9.17, 15) is 10.5 Å². The monoisotopic (exact) mass is 497 g/mol. The molecule has 0 saturated carbocycles. The van der Waals surface area contributed by atoms with E-state index in [-0.39, 0.29) is 0 Å². The first-order chi connectivity index (χ1) is 19.1. The maximum Gasteiger partial charge on any atom is 0.189 e. The van der Waals surface area contributed by atoms with E-state index in [1.54, 1.807) is 24.3 Å². The smallest absolute Gasteiger partial charge is 0.189 e. The highest BCUT2D eigenvalue weighted by Crippen LogP contribution is 2.37. The van der Waals surface area contributed by atoms with Crippen molar-refractivity contribution in [3.8, 4) is 46.4 Å². The van der Waals surface area contributed by atoms with Crippen LogP contribution >= 0.6 is 0 Å². The molecule has 0 bridgehead atoms. The second kappa shape index (κ2) is 9.30. The minimum Gasteiger partial charge on any atom is -0.308 e. The van der Waals surface area contributed by atoms with Crippen molar-refractivity contribution in [2.24, 2.45) is 0 Å². The lowest BCUT2D eigenvalue weighted by Gasteiger charge is -2.12. The Balaban J connectivity index is 1.55. The Labute approximate surface area is 223 Å². The third-order valence-electron chi connectivity index (χ3n) is 6.58. The molecule has 0 radical (unpaired) electrons. The quantitative estimate of drug-likeness (QED) is 0.243. The van der Waals surface area contributed by atoms with Crippen molar-refractivity contribution in [1.29, 1.82) is 15.8 Å². The number of aromatic nitrogens is 3. The van der Waals surface area contributed by atoms with Crippen LogP contribution in [0, 0.1) is 40.6 Å². The summed E-state index contributed by atoms with van der Waals surface area (Å²) in [6, 6.07) is 31.1. The van der Waals surface area contributed by atoms with Crippen molar-refractivity contribution >= 4 is 27.5 Å². The Bertz CT molecular complexity index is 2080. The molecule has 2 aromatic heterocycles. The predicted octanol–water partition coefficient (Wildman–Crippen LogP) is 7.07. The highest BCUT2D eigenvalue weighted by Gasteiger charge is 2.17. The average Bonchev–Trinajstić information content (AvgIpc) is 3.34. The number of para-hydroxylation sites is 1. The zero-order chi connectivity index (χ0) is 26.9. The third kappa shape index (κ3) is 3.90. The van der Waals surface area contributed by atoms with Gasteiger partial charge in [-0.2, -0.15) is 15.8 Å². The molecule has 178 valence electrons. The SMILES string of the molecule is [C-]#[N+]c1cc(C#N)cc(-c2ccc3c(c2)c2ccccc2n3-c2ccc(-c3ncc(C#N)cn3)cc2C#N)c1. The van der Waals surface area contributed by atoms with Gasteiger partial charge in [0.25, 0.3) is 0 Å². The Morgan fingerprint density at radius 1 is 0.667 bits per heavy atom. The zero-order valence-corrected chi connectivity index (χ0v) is 20.3. The molecular formula is C32H15N7. The first-order valence-corrected chi connectivity index (χ1v) is 11.9. The van der Waals surface area contributed by atoms with Crippen molar-refractivity contribution in [1.82, 2.24) is 14.5 Å². The summed E-state index contributed by atoms with van der Waals surface area (Å²) < 4.78 is 2.06. The summed E-state index contributed by atoms with van der Waals surface area (Å²) in [6.45, 7) is 7.40. The van der Waals surface area contributed by atoms with Crippen LogP contribution in [0.15, 0.2) is 91.3 Å². The average molecular weight is 498 g/mol. The maximum absolute atomic E-state index is 10.1. The van der Waals surface area contributed by atoms with Crippen LogP contribution in [-0.4, -0.2) is 14.5 Å². The van der Waals surface area contributed by atoms with Gasteiger partial charge < -0.3 is 4.57 Å². The van der Waals surface area contributed by atoms with Gasteiger partial charge in [0.2, 0.25) is 0 Å². The number of rotatable bonds is 3. The van der Waals surface area contributed by atoms with Crippen molar-refractivity contribution in [2.45, 2.75) is 0 Å². The van der Waals surface area contributed by atoms with Gasteiger partial charge in [-0.25, -0.2) is 14.8 Å². The summed E-state index contributed by atoms with van der Waals surface area (Å²) in [5.41, 5.74) is 6.61. The lowest BCUT2D eigenvalue weighted by Crippen LogP contribution is -1.99. The number of nitrogens with zero attached hydrogens (tertiary/aromatic N) is 7. The van der Waals surface area contributed by atoms with E-state index in [4.69, 9.17) is 11.8 Å². The molecule has 7 nitrogen and oxygen atoms in total. The number of nitriles is 3. The van der Waals surface area contributed by atoms with Crippen molar-refractivity contribution in [3.05, 3.63) is 119 Å². The maximum atomic E-state index is 10.1. The molecule has 6 aromatic rings. The van der Waals surface area contributed by atoms with Gasteiger partial charge in [0.05, 0.1) is 40.5 Å². The van der Waals surface area contributed by atoms with Gasteiger partial charge in [-0.3, -0.25) is 0 Å². The Hall–Kier alpha value is -6.28. The van der Waals surface area contributed by atoms with Crippen molar-refractivity contribution in [3.63, 3.8) is 0 Å². The first-order valence-electron chi connectivity index (χ1n) is 11.9. The minimum atomic E-state index is 0.366. The number of hydrogen-bond acceptors (Lipinski definition) is 5. The van der Waals surface area contributed by atoms with Crippen LogP contribution in [0.25, 0.3) is 54.9 Å². The molecule has 6 rings (SSSR count). The molecule has 0 aliphatic heterocycles. The van der Waals surface area contributed by atoms with Gasteiger partial charge in [-0.1, -0.05) is 24.3 Å². The molecule has 4 aromatic carbocycles. The number of benzene rings is 4. The fourth-order valence-electron chi connectivity index (χ4n) is 4.81. The molecule has 0 fully saturated rings. The number of fused-ring (bicyclic) bond motifs is 3. The molecule has 0 aliphatic carbocycles. The van der Waals surface area contributed by atoms with Crippen LogP contribution in [0.1, 0.15) is 16.7 Å². The fraction of sp³-hybridized carbons (Fsp3) is 0. The van der Waals surface area contributed by atoms with E-state index in [2.05, 4.69) is 37.6 Å². The highest BCUT2D eigenvalue weighted by molar-refractivity contribution is 6.10. The van der Waals surface area contributed by atoms with Gasteiger partial charge >= 0.3 is 0 Å². The summed E-state index contributed by atoms with van der Waals surface area (Å²) in [6.07, 6.45) is 2.92. The molecule has 0 amide bonds. The summed E-state index contributed by atoms with van der Waals surface area (Å²) >= 11 is 0.